The van der Waals surface area contributed by atoms with Gasteiger partial charge in [0.15, 0.2) is 0 Å². The molecule has 16 heavy (non-hydrogen) atoms. The Morgan fingerprint density at radius 2 is 1.94 bits per heavy atom. The lowest BCUT2D eigenvalue weighted by molar-refractivity contribution is 0.971. The molecule has 1 heterocycles. The molecule has 0 bridgehead atoms. The lowest BCUT2D eigenvalue weighted by Crippen LogP contribution is -2.00. The van der Waals surface area contributed by atoms with E-state index < -0.39 is 0 Å². The lowest BCUT2D eigenvalue weighted by Gasteiger charge is -2.04. The van der Waals surface area contributed by atoms with E-state index in [0.29, 0.717) is 5.82 Å². The van der Waals surface area contributed by atoms with E-state index in [4.69, 9.17) is 5.73 Å². The highest BCUT2D eigenvalue weighted by Gasteiger charge is 2.01. The predicted octanol–water partition coefficient (Wildman–Crippen LogP) is 2.27. The standard InChI is InChI=1S/C13H15N3/c1-9-3-4-11(7-10(9)2)8-13-15-6-5-12(14)16-13/h3-7H,8H2,1-2H3,(H2,14,15,16). The molecule has 2 N–H and O–H groups in total. The van der Waals surface area contributed by atoms with Crippen molar-refractivity contribution in [1.82, 2.24) is 9.97 Å². The number of nitrogens with zero attached hydrogens (tertiary/aromatic N) is 2. The van der Waals surface area contributed by atoms with Gasteiger partial charge in [0.05, 0.1) is 0 Å². The van der Waals surface area contributed by atoms with Crippen LogP contribution in [0.25, 0.3) is 0 Å². The fourth-order valence-electron chi connectivity index (χ4n) is 1.60. The number of aromatic nitrogens is 2. The van der Waals surface area contributed by atoms with Gasteiger partial charge < -0.3 is 5.73 Å². The maximum atomic E-state index is 5.62. The number of hydrogen-bond acceptors (Lipinski definition) is 3. The van der Waals surface area contributed by atoms with Crippen LogP contribution in [0.3, 0.4) is 0 Å². The topological polar surface area (TPSA) is 51.8 Å². The number of rotatable bonds is 2. The van der Waals surface area contributed by atoms with Crippen LogP contribution in [0.4, 0.5) is 5.82 Å². The fourth-order valence-corrected chi connectivity index (χ4v) is 1.60. The van der Waals surface area contributed by atoms with Gasteiger partial charge >= 0.3 is 0 Å². The summed E-state index contributed by atoms with van der Waals surface area (Å²) in [4.78, 5) is 8.38. The minimum absolute atomic E-state index is 0.522. The smallest absolute Gasteiger partial charge is 0.135 e. The molecule has 1 aromatic heterocycles. The summed E-state index contributed by atoms with van der Waals surface area (Å²) in [5.74, 6) is 1.29. The number of benzene rings is 1. The molecule has 0 saturated heterocycles. The van der Waals surface area contributed by atoms with Gasteiger partial charge in [0, 0.05) is 12.6 Å². The summed E-state index contributed by atoms with van der Waals surface area (Å²) in [6.45, 7) is 4.22. The van der Waals surface area contributed by atoms with Crippen LogP contribution in [0, 0.1) is 13.8 Å². The molecule has 0 radical (unpaired) electrons. The Hall–Kier alpha value is -1.90. The third-order valence-corrected chi connectivity index (χ3v) is 2.66. The molecule has 0 amide bonds. The van der Waals surface area contributed by atoms with E-state index in [1.54, 1.807) is 12.3 Å². The highest BCUT2D eigenvalue weighted by Crippen LogP contribution is 2.12. The molecule has 0 saturated carbocycles. The summed E-state index contributed by atoms with van der Waals surface area (Å²) < 4.78 is 0. The molecular formula is C13H15N3. The van der Waals surface area contributed by atoms with Crippen molar-refractivity contribution >= 4 is 5.82 Å². The Balaban J connectivity index is 2.24. The van der Waals surface area contributed by atoms with E-state index in [-0.39, 0.29) is 0 Å². The number of nitrogen functional groups attached to an aromatic ring is 1. The van der Waals surface area contributed by atoms with Gasteiger partial charge in [0.2, 0.25) is 0 Å². The Kier molecular flexibility index (Phi) is 2.86. The first-order valence-corrected chi connectivity index (χ1v) is 5.28. The van der Waals surface area contributed by atoms with Gasteiger partial charge in [-0.15, -0.1) is 0 Å². The number of aryl methyl sites for hydroxylation is 2. The second kappa shape index (κ2) is 4.31. The normalized spacial score (nSPS) is 10.4. The lowest BCUT2D eigenvalue weighted by atomic mass is 10.0. The van der Waals surface area contributed by atoms with Crippen LogP contribution in [0.2, 0.25) is 0 Å². The Bertz CT molecular complexity index is 506. The van der Waals surface area contributed by atoms with E-state index >= 15 is 0 Å². The van der Waals surface area contributed by atoms with Crippen molar-refractivity contribution in [3.63, 3.8) is 0 Å². The Labute approximate surface area is 95.4 Å². The van der Waals surface area contributed by atoms with Crippen LogP contribution < -0.4 is 5.73 Å². The first-order chi connectivity index (χ1) is 7.65. The quantitative estimate of drug-likeness (QED) is 0.832. The predicted molar refractivity (Wildman–Crippen MR) is 65.2 cm³/mol. The van der Waals surface area contributed by atoms with Crippen molar-refractivity contribution in [2.24, 2.45) is 0 Å². The van der Waals surface area contributed by atoms with Gasteiger partial charge in [-0.25, -0.2) is 9.97 Å². The van der Waals surface area contributed by atoms with Crippen molar-refractivity contribution in [1.29, 1.82) is 0 Å². The number of hydrogen-bond donors (Lipinski definition) is 1. The third kappa shape index (κ3) is 2.37. The van der Waals surface area contributed by atoms with Gasteiger partial charge in [0.25, 0.3) is 0 Å². The van der Waals surface area contributed by atoms with Crippen LogP contribution in [0.5, 0.6) is 0 Å². The summed E-state index contributed by atoms with van der Waals surface area (Å²) >= 11 is 0. The van der Waals surface area contributed by atoms with Gasteiger partial charge in [-0.1, -0.05) is 18.2 Å². The molecule has 1 aromatic carbocycles. The molecule has 0 spiro atoms. The molecule has 3 heteroatoms. The second-order valence-electron chi connectivity index (χ2n) is 3.99. The monoisotopic (exact) mass is 213 g/mol. The zero-order valence-corrected chi connectivity index (χ0v) is 9.57. The SMILES string of the molecule is Cc1ccc(Cc2nccc(N)n2)cc1C. The second-order valence-corrected chi connectivity index (χ2v) is 3.99. The van der Waals surface area contributed by atoms with Crippen molar-refractivity contribution in [3.05, 3.63) is 53.0 Å². The summed E-state index contributed by atoms with van der Waals surface area (Å²) in [5, 5.41) is 0. The van der Waals surface area contributed by atoms with Crippen molar-refractivity contribution in [2.75, 3.05) is 5.73 Å². The molecule has 0 fully saturated rings. The average Bonchev–Trinajstić information content (AvgIpc) is 2.24. The summed E-state index contributed by atoms with van der Waals surface area (Å²) in [7, 11) is 0. The molecule has 82 valence electrons. The van der Waals surface area contributed by atoms with Crippen molar-refractivity contribution in [3.8, 4) is 0 Å². The van der Waals surface area contributed by atoms with E-state index in [2.05, 4.69) is 42.0 Å². The maximum absolute atomic E-state index is 5.62. The van der Waals surface area contributed by atoms with E-state index in [9.17, 15) is 0 Å². The van der Waals surface area contributed by atoms with Crippen molar-refractivity contribution in [2.45, 2.75) is 20.3 Å². The summed E-state index contributed by atoms with van der Waals surface area (Å²) in [6.07, 6.45) is 2.42. The largest absolute Gasteiger partial charge is 0.384 e. The van der Waals surface area contributed by atoms with Crippen LogP contribution in [0.15, 0.2) is 30.5 Å². The van der Waals surface area contributed by atoms with Gasteiger partial charge in [0.1, 0.15) is 11.6 Å². The molecule has 0 aliphatic carbocycles. The highest BCUT2D eigenvalue weighted by atomic mass is 14.9. The van der Waals surface area contributed by atoms with Crippen LogP contribution in [0.1, 0.15) is 22.5 Å². The molecular weight excluding hydrogens is 198 g/mol. The van der Waals surface area contributed by atoms with E-state index in [0.717, 1.165) is 12.2 Å². The zero-order valence-electron chi connectivity index (χ0n) is 9.57. The third-order valence-electron chi connectivity index (χ3n) is 2.66. The molecule has 0 aliphatic heterocycles. The Morgan fingerprint density at radius 3 is 2.62 bits per heavy atom. The summed E-state index contributed by atoms with van der Waals surface area (Å²) in [5.41, 5.74) is 9.43. The first-order valence-electron chi connectivity index (χ1n) is 5.28. The fraction of sp³-hybridized carbons (Fsp3) is 0.231. The molecule has 0 aliphatic rings. The molecule has 0 unspecified atom stereocenters. The van der Waals surface area contributed by atoms with Crippen LogP contribution in [-0.4, -0.2) is 9.97 Å². The maximum Gasteiger partial charge on any atom is 0.135 e. The molecule has 0 atom stereocenters. The number of anilines is 1. The number of nitrogens with two attached hydrogens (primary N) is 1. The minimum Gasteiger partial charge on any atom is -0.384 e. The minimum atomic E-state index is 0.522. The van der Waals surface area contributed by atoms with Gasteiger partial charge in [-0.2, -0.15) is 0 Å². The van der Waals surface area contributed by atoms with E-state index in [1.807, 2.05) is 0 Å². The highest BCUT2D eigenvalue weighted by molar-refractivity contribution is 5.32. The molecule has 2 aromatic rings. The Morgan fingerprint density at radius 1 is 1.12 bits per heavy atom. The summed E-state index contributed by atoms with van der Waals surface area (Å²) in [6, 6.07) is 8.09. The molecule has 2 rings (SSSR count). The van der Waals surface area contributed by atoms with E-state index in [1.165, 1.54) is 16.7 Å². The van der Waals surface area contributed by atoms with Crippen LogP contribution in [-0.2, 0) is 6.42 Å². The zero-order chi connectivity index (χ0) is 11.5. The van der Waals surface area contributed by atoms with Crippen LogP contribution >= 0.6 is 0 Å². The average molecular weight is 213 g/mol. The molecule has 3 nitrogen and oxygen atoms in total. The first kappa shape index (κ1) is 10.6. The van der Waals surface area contributed by atoms with Crippen molar-refractivity contribution < 1.29 is 0 Å². The van der Waals surface area contributed by atoms with Gasteiger partial charge in [-0.05, 0) is 36.6 Å². The van der Waals surface area contributed by atoms with Gasteiger partial charge in [-0.3, -0.25) is 0 Å².